The lowest BCUT2D eigenvalue weighted by Gasteiger charge is -2.40. The summed E-state index contributed by atoms with van der Waals surface area (Å²) in [6.07, 6.45) is -0.678. The van der Waals surface area contributed by atoms with Crippen molar-refractivity contribution in [2.75, 3.05) is 0 Å². The Kier molecular flexibility index (Phi) is 3.63. The minimum atomic E-state index is -2.69. The molecule has 1 aromatic rings. The molecule has 1 aromatic carbocycles. The van der Waals surface area contributed by atoms with Gasteiger partial charge in [-0.15, -0.1) is 0 Å². The number of alkyl halides is 2. The van der Waals surface area contributed by atoms with Crippen LogP contribution in [0.25, 0.3) is 0 Å². The van der Waals surface area contributed by atoms with Crippen LogP contribution in [0, 0.1) is 0 Å². The van der Waals surface area contributed by atoms with Crippen molar-refractivity contribution in [1.82, 2.24) is 0 Å². The van der Waals surface area contributed by atoms with E-state index in [1.54, 1.807) is 24.3 Å². The Balaban J connectivity index is 2.19. The molecule has 2 rings (SSSR count). The summed E-state index contributed by atoms with van der Waals surface area (Å²) in [6, 6.07) is 6.19. The van der Waals surface area contributed by atoms with Crippen LogP contribution >= 0.6 is 11.6 Å². The fourth-order valence-corrected chi connectivity index (χ4v) is 2.63. The summed E-state index contributed by atoms with van der Waals surface area (Å²) in [7, 11) is 0. The molecule has 0 heterocycles. The molecule has 5 heteroatoms. The van der Waals surface area contributed by atoms with Crippen molar-refractivity contribution in [2.45, 2.75) is 43.2 Å². The van der Waals surface area contributed by atoms with Crippen LogP contribution in [0.3, 0.4) is 0 Å². The van der Waals surface area contributed by atoms with E-state index in [-0.39, 0.29) is 25.7 Å². The molecule has 1 aliphatic carbocycles. The van der Waals surface area contributed by atoms with Crippen molar-refractivity contribution < 1.29 is 13.9 Å². The number of hydrogen-bond acceptors (Lipinski definition) is 2. The summed E-state index contributed by atoms with van der Waals surface area (Å²) >= 11 is 6.02. The van der Waals surface area contributed by atoms with Gasteiger partial charge in [-0.3, -0.25) is 0 Å². The molecule has 1 saturated carbocycles. The minimum absolute atomic E-state index is 0.00755. The summed E-state index contributed by atoms with van der Waals surface area (Å²) in [5, 5.41) is 10.9. The van der Waals surface area contributed by atoms with Gasteiger partial charge < -0.3 is 10.8 Å². The number of aliphatic hydroxyl groups is 1. The van der Waals surface area contributed by atoms with Crippen LogP contribution in [0.15, 0.2) is 24.3 Å². The van der Waals surface area contributed by atoms with Crippen molar-refractivity contribution in [3.8, 4) is 0 Å². The molecule has 0 bridgehead atoms. The third-order valence-electron chi connectivity index (χ3n) is 3.67. The zero-order valence-electron chi connectivity index (χ0n) is 9.87. The van der Waals surface area contributed by atoms with E-state index in [1.165, 1.54) is 0 Å². The highest BCUT2D eigenvalue weighted by atomic mass is 35.5. The smallest absolute Gasteiger partial charge is 0.248 e. The molecule has 3 N–H and O–H groups in total. The van der Waals surface area contributed by atoms with Gasteiger partial charge in [0.15, 0.2) is 0 Å². The van der Waals surface area contributed by atoms with Crippen LogP contribution in [0.2, 0.25) is 5.02 Å². The first kappa shape index (κ1) is 13.7. The monoisotopic (exact) mass is 275 g/mol. The maximum Gasteiger partial charge on any atom is 0.248 e. The highest BCUT2D eigenvalue weighted by Crippen LogP contribution is 2.44. The van der Waals surface area contributed by atoms with E-state index in [2.05, 4.69) is 0 Å². The standard InChI is InChI=1S/C13H16ClF2NO/c14-10-4-2-1-3-9(10)11(17)12(18)5-7-13(15,16)8-6-12/h1-4,11,18H,5-8,17H2. The van der Waals surface area contributed by atoms with Crippen LogP contribution in [0.4, 0.5) is 8.78 Å². The first-order valence-electron chi connectivity index (χ1n) is 5.94. The van der Waals surface area contributed by atoms with Gasteiger partial charge in [-0.2, -0.15) is 0 Å². The summed E-state index contributed by atoms with van der Waals surface area (Å²) in [5.41, 5.74) is 5.32. The minimum Gasteiger partial charge on any atom is -0.388 e. The van der Waals surface area contributed by atoms with Crippen LogP contribution < -0.4 is 5.73 Å². The van der Waals surface area contributed by atoms with Gasteiger partial charge in [-0.1, -0.05) is 29.8 Å². The largest absolute Gasteiger partial charge is 0.388 e. The number of benzene rings is 1. The van der Waals surface area contributed by atoms with Crippen LogP contribution in [0.5, 0.6) is 0 Å². The Morgan fingerprint density at radius 3 is 2.28 bits per heavy atom. The maximum atomic E-state index is 13.1. The predicted molar refractivity (Wildman–Crippen MR) is 66.7 cm³/mol. The molecule has 18 heavy (non-hydrogen) atoms. The summed E-state index contributed by atoms with van der Waals surface area (Å²) in [6.45, 7) is 0. The molecular weight excluding hydrogens is 260 g/mol. The van der Waals surface area contributed by atoms with Gasteiger partial charge in [0.05, 0.1) is 11.6 Å². The molecule has 0 amide bonds. The Morgan fingerprint density at radius 1 is 1.17 bits per heavy atom. The summed E-state index contributed by atoms with van der Waals surface area (Å²) in [4.78, 5) is 0. The molecule has 0 spiro atoms. The SMILES string of the molecule is NC(c1ccccc1Cl)C1(O)CCC(F)(F)CC1. The van der Waals surface area contributed by atoms with Gasteiger partial charge in [-0.25, -0.2) is 8.78 Å². The van der Waals surface area contributed by atoms with E-state index in [1.807, 2.05) is 0 Å². The van der Waals surface area contributed by atoms with Crippen molar-refractivity contribution in [1.29, 1.82) is 0 Å². The fraction of sp³-hybridized carbons (Fsp3) is 0.538. The normalized spacial score (nSPS) is 23.6. The topological polar surface area (TPSA) is 46.2 Å². The third kappa shape index (κ3) is 2.66. The molecule has 2 nitrogen and oxygen atoms in total. The molecular formula is C13H16ClF2NO. The van der Waals surface area contributed by atoms with E-state index in [9.17, 15) is 13.9 Å². The molecule has 0 aliphatic heterocycles. The summed E-state index contributed by atoms with van der Waals surface area (Å²) < 4.78 is 26.2. The maximum absolute atomic E-state index is 13.1. The molecule has 0 radical (unpaired) electrons. The zero-order chi connectivity index (χ0) is 13.4. The van der Waals surface area contributed by atoms with E-state index < -0.39 is 17.6 Å². The third-order valence-corrected chi connectivity index (χ3v) is 4.01. The Morgan fingerprint density at radius 2 is 1.72 bits per heavy atom. The lowest BCUT2D eigenvalue weighted by molar-refractivity contribution is -0.113. The highest BCUT2D eigenvalue weighted by molar-refractivity contribution is 6.31. The van der Waals surface area contributed by atoms with Crippen molar-refractivity contribution in [2.24, 2.45) is 5.73 Å². The van der Waals surface area contributed by atoms with Crippen molar-refractivity contribution in [3.05, 3.63) is 34.9 Å². The van der Waals surface area contributed by atoms with Crippen LogP contribution in [-0.4, -0.2) is 16.6 Å². The van der Waals surface area contributed by atoms with Gasteiger partial charge in [0.25, 0.3) is 0 Å². The average Bonchev–Trinajstić information content (AvgIpc) is 2.33. The number of nitrogens with two attached hydrogens (primary N) is 1. The van der Waals surface area contributed by atoms with E-state index in [0.29, 0.717) is 10.6 Å². The Bertz CT molecular complexity index is 429. The fourth-order valence-electron chi connectivity index (χ4n) is 2.38. The number of rotatable bonds is 2. The number of halogens is 3. The van der Waals surface area contributed by atoms with Gasteiger partial charge in [0.1, 0.15) is 0 Å². The Labute approximate surface area is 110 Å². The van der Waals surface area contributed by atoms with E-state index in [0.717, 1.165) is 0 Å². The van der Waals surface area contributed by atoms with E-state index >= 15 is 0 Å². The first-order chi connectivity index (χ1) is 8.34. The lowest BCUT2D eigenvalue weighted by Crippen LogP contribution is -2.46. The average molecular weight is 276 g/mol. The van der Waals surface area contributed by atoms with Gasteiger partial charge >= 0.3 is 0 Å². The molecule has 1 atom stereocenters. The lowest BCUT2D eigenvalue weighted by atomic mass is 9.76. The van der Waals surface area contributed by atoms with Crippen LogP contribution in [0.1, 0.15) is 37.3 Å². The molecule has 0 aromatic heterocycles. The highest BCUT2D eigenvalue weighted by Gasteiger charge is 2.46. The van der Waals surface area contributed by atoms with Gasteiger partial charge in [0.2, 0.25) is 5.92 Å². The molecule has 100 valence electrons. The second-order valence-electron chi connectivity index (χ2n) is 4.96. The quantitative estimate of drug-likeness (QED) is 0.870. The molecule has 1 unspecified atom stereocenters. The van der Waals surface area contributed by atoms with Gasteiger partial charge in [-0.05, 0) is 24.5 Å². The van der Waals surface area contributed by atoms with Gasteiger partial charge in [0, 0.05) is 17.9 Å². The van der Waals surface area contributed by atoms with Crippen LogP contribution in [-0.2, 0) is 0 Å². The molecule has 0 saturated heterocycles. The summed E-state index contributed by atoms with van der Waals surface area (Å²) in [5.74, 6) is -2.69. The second kappa shape index (κ2) is 4.76. The van der Waals surface area contributed by atoms with E-state index in [4.69, 9.17) is 17.3 Å². The zero-order valence-corrected chi connectivity index (χ0v) is 10.6. The first-order valence-corrected chi connectivity index (χ1v) is 6.32. The van der Waals surface area contributed by atoms with Crippen molar-refractivity contribution in [3.63, 3.8) is 0 Å². The second-order valence-corrected chi connectivity index (χ2v) is 5.37. The van der Waals surface area contributed by atoms with Crippen molar-refractivity contribution >= 4 is 11.6 Å². The molecule has 1 aliphatic rings. The Hall–Kier alpha value is -0.710. The predicted octanol–water partition coefficient (Wildman–Crippen LogP) is 3.28. The molecule has 1 fully saturated rings. The number of hydrogen-bond donors (Lipinski definition) is 2.